The lowest BCUT2D eigenvalue weighted by molar-refractivity contribution is 0.102. The molecule has 0 heterocycles. The van der Waals surface area contributed by atoms with Gasteiger partial charge < -0.3 is 5.32 Å². The number of nitrogens with one attached hydrogen (secondary N) is 1. The minimum absolute atomic E-state index is 0.0202. The highest BCUT2D eigenvalue weighted by atomic mass is 79.9. The Bertz CT molecular complexity index is 671. The van der Waals surface area contributed by atoms with Crippen molar-refractivity contribution in [2.24, 2.45) is 0 Å². The van der Waals surface area contributed by atoms with Crippen molar-refractivity contribution in [1.29, 1.82) is 0 Å². The summed E-state index contributed by atoms with van der Waals surface area (Å²) in [4.78, 5) is 12.1. The Morgan fingerprint density at radius 3 is 2.35 bits per heavy atom. The Balaban J connectivity index is 2.36. The number of amides is 1. The summed E-state index contributed by atoms with van der Waals surface area (Å²) in [7, 11) is 0. The van der Waals surface area contributed by atoms with E-state index in [4.69, 9.17) is 23.2 Å². The molecule has 20 heavy (non-hydrogen) atoms. The third-order valence-electron chi connectivity index (χ3n) is 2.44. The molecule has 0 unspecified atom stereocenters. The van der Waals surface area contributed by atoms with Crippen LogP contribution in [0.4, 0.5) is 14.5 Å². The molecule has 1 N–H and O–H groups in total. The van der Waals surface area contributed by atoms with Crippen LogP contribution in [0, 0.1) is 11.6 Å². The van der Waals surface area contributed by atoms with E-state index in [2.05, 4.69) is 21.2 Å². The molecule has 2 aromatic rings. The molecule has 2 aromatic carbocycles. The van der Waals surface area contributed by atoms with Crippen LogP contribution in [0.15, 0.2) is 34.8 Å². The van der Waals surface area contributed by atoms with Gasteiger partial charge in [0.15, 0.2) is 0 Å². The zero-order chi connectivity index (χ0) is 14.9. The highest BCUT2D eigenvalue weighted by Crippen LogP contribution is 2.32. The Labute approximate surface area is 131 Å². The van der Waals surface area contributed by atoms with E-state index in [1.807, 2.05) is 0 Å². The largest absolute Gasteiger partial charge is 0.319 e. The molecule has 0 bridgehead atoms. The average Bonchev–Trinajstić information content (AvgIpc) is 2.36. The lowest BCUT2D eigenvalue weighted by Crippen LogP contribution is -2.14. The monoisotopic (exact) mass is 379 g/mol. The molecule has 0 saturated carbocycles. The third kappa shape index (κ3) is 3.11. The Hall–Kier alpha value is -1.17. The summed E-state index contributed by atoms with van der Waals surface area (Å²) in [6.07, 6.45) is 0. The van der Waals surface area contributed by atoms with Crippen molar-refractivity contribution in [3.63, 3.8) is 0 Å². The van der Waals surface area contributed by atoms with Crippen LogP contribution in [0.5, 0.6) is 0 Å². The van der Waals surface area contributed by atoms with Crippen LogP contribution in [0.2, 0.25) is 10.0 Å². The molecular weight excluding hydrogens is 375 g/mol. The van der Waals surface area contributed by atoms with E-state index in [1.54, 1.807) is 0 Å². The minimum atomic E-state index is -0.620. The van der Waals surface area contributed by atoms with Gasteiger partial charge in [0, 0.05) is 0 Å². The molecular formula is C13H6BrCl2F2NO. The standard InChI is InChI=1S/C13H6BrCl2F2NO/c14-11-7(2-1-3-10(11)18)13(20)19-12-8(15)4-6(17)5-9(12)16/h1-5H,(H,19,20). The van der Waals surface area contributed by atoms with Gasteiger partial charge in [-0.1, -0.05) is 29.3 Å². The fourth-order valence-electron chi connectivity index (χ4n) is 1.52. The molecule has 0 aliphatic rings. The molecule has 0 saturated heterocycles. The van der Waals surface area contributed by atoms with Gasteiger partial charge in [0.1, 0.15) is 11.6 Å². The highest BCUT2D eigenvalue weighted by Gasteiger charge is 2.16. The maximum absolute atomic E-state index is 13.4. The van der Waals surface area contributed by atoms with Gasteiger partial charge in [-0.25, -0.2) is 8.78 Å². The molecule has 1 amide bonds. The fourth-order valence-corrected chi connectivity index (χ4v) is 2.52. The van der Waals surface area contributed by atoms with Gasteiger partial charge in [-0.3, -0.25) is 4.79 Å². The second kappa shape index (κ2) is 6.08. The van der Waals surface area contributed by atoms with Crippen molar-refractivity contribution >= 4 is 50.7 Å². The summed E-state index contributed by atoms with van der Waals surface area (Å²) in [6.45, 7) is 0. The lowest BCUT2D eigenvalue weighted by Gasteiger charge is -2.10. The van der Waals surface area contributed by atoms with Crippen LogP contribution in [-0.2, 0) is 0 Å². The van der Waals surface area contributed by atoms with Crippen molar-refractivity contribution in [2.75, 3.05) is 5.32 Å². The molecule has 7 heteroatoms. The fraction of sp³-hybridized carbons (Fsp3) is 0. The molecule has 0 atom stereocenters. The first-order valence-corrected chi connectivity index (χ1v) is 6.85. The average molecular weight is 381 g/mol. The van der Waals surface area contributed by atoms with Crippen LogP contribution >= 0.6 is 39.1 Å². The summed E-state index contributed by atoms with van der Waals surface area (Å²) in [5.41, 5.74) is 0.136. The van der Waals surface area contributed by atoms with E-state index in [1.165, 1.54) is 18.2 Å². The number of rotatable bonds is 2. The Kier molecular flexibility index (Phi) is 4.62. The first-order chi connectivity index (χ1) is 9.40. The van der Waals surface area contributed by atoms with Gasteiger partial charge in [0.25, 0.3) is 5.91 Å². The minimum Gasteiger partial charge on any atom is -0.319 e. The number of benzene rings is 2. The molecule has 0 aromatic heterocycles. The number of hydrogen-bond donors (Lipinski definition) is 1. The number of carbonyl (C=O) groups excluding carboxylic acids is 1. The van der Waals surface area contributed by atoms with Gasteiger partial charge in [-0.05, 0) is 40.2 Å². The first kappa shape index (κ1) is 15.2. The summed E-state index contributed by atoms with van der Waals surface area (Å²) < 4.78 is 26.4. The quantitative estimate of drug-likeness (QED) is 0.753. The number of hydrogen-bond acceptors (Lipinski definition) is 1. The predicted octanol–water partition coefficient (Wildman–Crippen LogP) is 5.29. The molecule has 2 nitrogen and oxygen atoms in total. The Morgan fingerprint density at radius 1 is 1.15 bits per heavy atom. The summed E-state index contributed by atoms with van der Waals surface area (Å²) in [5.74, 6) is -1.81. The molecule has 2 rings (SSSR count). The van der Waals surface area contributed by atoms with Gasteiger partial charge in [-0.15, -0.1) is 0 Å². The van der Waals surface area contributed by atoms with Gasteiger partial charge in [0.2, 0.25) is 0 Å². The lowest BCUT2D eigenvalue weighted by atomic mass is 10.2. The van der Waals surface area contributed by atoms with E-state index >= 15 is 0 Å². The summed E-state index contributed by atoms with van der Waals surface area (Å²) >= 11 is 14.6. The van der Waals surface area contributed by atoms with Crippen LogP contribution in [0.1, 0.15) is 10.4 Å². The molecule has 0 aliphatic carbocycles. The number of halogens is 5. The van der Waals surface area contributed by atoms with Crippen molar-refractivity contribution in [1.82, 2.24) is 0 Å². The second-order valence-corrected chi connectivity index (χ2v) is 5.41. The van der Waals surface area contributed by atoms with E-state index in [0.29, 0.717) is 0 Å². The maximum atomic E-state index is 13.4. The van der Waals surface area contributed by atoms with Crippen LogP contribution < -0.4 is 5.32 Å². The summed E-state index contributed by atoms with van der Waals surface area (Å²) in [5, 5.41) is 2.33. The zero-order valence-corrected chi connectivity index (χ0v) is 12.8. The Morgan fingerprint density at radius 2 is 1.75 bits per heavy atom. The molecule has 104 valence electrons. The van der Waals surface area contributed by atoms with Crippen LogP contribution in [0.3, 0.4) is 0 Å². The topological polar surface area (TPSA) is 29.1 Å². The SMILES string of the molecule is O=C(Nc1c(Cl)cc(F)cc1Cl)c1cccc(F)c1Br. The third-order valence-corrected chi connectivity index (χ3v) is 3.84. The molecule has 0 aliphatic heterocycles. The van der Waals surface area contributed by atoms with Crippen LogP contribution in [0.25, 0.3) is 0 Å². The smallest absolute Gasteiger partial charge is 0.256 e. The van der Waals surface area contributed by atoms with Gasteiger partial charge in [-0.2, -0.15) is 0 Å². The molecule has 0 fully saturated rings. The van der Waals surface area contributed by atoms with Gasteiger partial charge >= 0.3 is 0 Å². The van der Waals surface area contributed by atoms with Crippen molar-refractivity contribution in [3.8, 4) is 0 Å². The van der Waals surface area contributed by atoms with Crippen molar-refractivity contribution in [3.05, 3.63) is 62.0 Å². The molecule has 0 spiro atoms. The zero-order valence-electron chi connectivity index (χ0n) is 9.68. The summed E-state index contributed by atoms with van der Waals surface area (Å²) in [6, 6.07) is 6.06. The van der Waals surface area contributed by atoms with Crippen molar-refractivity contribution in [2.45, 2.75) is 0 Å². The second-order valence-electron chi connectivity index (χ2n) is 3.80. The van der Waals surface area contributed by atoms with Gasteiger partial charge in [0.05, 0.1) is 25.8 Å². The highest BCUT2D eigenvalue weighted by molar-refractivity contribution is 9.10. The normalized spacial score (nSPS) is 10.4. The number of carbonyl (C=O) groups is 1. The molecule has 0 radical (unpaired) electrons. The predicted molar refractivity (Wildman–Crippen MR) is 78.5 cm³/mol. The first-order valence-electron chi connectivity index (χ1n) is 5.30. The van der Waals surface area contributed by atoms with Crippen molar-refractivity contribution < 1.29 is 13.6 Å². The van der Waals surface area contributed by atoms with E-state index in [0.717, 1.165) is 12.1 Å². The number of anilines is 1. The van der Waals surface area contributed by atoms with E-state index in [-0.39, 0.29) is 25.8 Å². The van der Waals surface area contributed by atoms with E-state index in [9.17, 15) is 13.6 Å². The van der Waals surface area contributed by atoms with E-state index < -0.39 is 17.5 Å². The maximum Gasteiger partial charge on any atom is 0.256 e. The van der Waals surface area contributed by atoms with Crippen LogP contribution in [-0.4, -0.2) is 5.91 Å².